The minimum absolute atomic E-state index is 0.755. The molecule has 13 heavy (non-hydrogen) atoms. The van der Waals surface area contributed by atoms with Gasteiger partial charge in [0.05, 0.1) is 0 Å². The molecule has 2 nitrogen and oxygen atoms in total. The van der Waals surface area contributed by atoms with Crippen molar-refractivity contribution in [3.8, 4) is 0 Å². The Labute approximate surface area is 89.4 Å². The van der Waals surface area contributed by atoms with Crippen LogP contribution < -0.4 is 11.1 Å². The Kier molecular flexibility index (Phi) is 8.40. The number of nitrogens with one attached hydrogen (secondary N) is 1. The quantitative estimate of drug-likeness (QED) is 0.557. The summed E-state index contributed by atoms with van der Waals surface area (Å²) in [5.41, 5.74) is 6.68. The van der Waals surface area contributed by atoms with Gasteiger partial charge in [-0.25, -0.2) is 0 Å². The van der Waals surface area contributed by atoms with Crippen molar-refractivity contribution < 1.29 is 0 Å². The van der Waals surface area contributed by atoms with Crippen LogP contribution >= 0.6 is 15.9 Å². The van der Waals surface area contributed by atoms with Crippen molar-refractivity contribution in [2.24, 2.45) is 5.73 Å². The summed E-state index contributed by atoms with van der Waals surface area (Å²) in [6.45, 7) is 6.74. The molecule has 0 aliphatic rings. The van der Waals surface area contributed by atoms with Crippen LogP contribution in [0.25, 0.3) is 0 Å². The average Bonchev–Trinajstić information content (AvgIpc) is 2.09. The molecule has 0 unspecified atom stereocenters. The van der Waals surface area contributed by atoms with Crippen LogP contribution in [0.4, 0.5) is 0 Å². The molecule has 0 aromatic carbocycles. The van der Waals surface area contributed by atoms with Crippen molar-refractivity contribution in [1.29, 1.82) is 0 Å². The molecular formula is C10H19BrN2. The van der Waals surface area contributed by atoms with Crippen LogP contribution in [0.5, 0.6) is 0 Å². The van der Waals surface area contributed by atoms with Gasteiger partial charge in [-0.1, -0.05) is 22.0 Å². The maximum atomic E-state index is 5.38. The number of allylic oxidation sites excluding steroid dienone is 2. The van der Waals surface area contributed by atoms with Gasteiger partial charge in [0.2, 0.25) is 0 Å². The predicted octanol–water partition coefficient (Wildman–Crippen LogP) is 2.17. The zero-order chi connectivity index (χ0) is 10.1. The summed E-state index contributed by atoms with van der Waals surface area (Å²) in [4.78, 5) is 0. The normalized spacial score (nSPS) is 13.5. The van der Waals surface area contributed by atoms with Crippen molar-refractivity contribution >= 4 is 15.9 Å². The zero-order valence-corrected chi connectivity index (χ0v) is 10.0. The molecular weight excluding hydrogens is 228 g/mol. The third kappa shape index (κ3) is 8.22. The molecule has 0 bridgehead atoms. The number of hydrogen-bond donors (Lipinski definition) is 2. The Morgan fingerprint density at radius 2 is 2.23 bits per heavy atom. The highest BCUT2D eigenvalue weighted by atomic mass is 79.9. The summed E-state index contributed by atoms with van der Waals surface area (Å²) in [5.74, 6) is 0. The Morgan fingerprint density at radius 1 is 1.54 bits per heavy atom. The lowest BCUT2D eigenvalue weighted by Crippen LogP contribution is -2.20. The van der Waals surface area contributed by atoms with E-state index in [1.165, 1.54) is 5.57 Å². The molecule has 3 N–H and O–H groups in total. The van der Waals surface area contributed by atoms with Crippen LogP contribution in [-0.2, 0) is 0 Å². The third-order valence-electron chi connectivity index (χ3n) is 1.64. The van der Waals surface area contributed by atoms with Crippen LogP contribution in [0.2, 0.25) is 0 Å². The van der Waals surface area contributed by atoms with E-state index in [-0.39, 0.29) is 0 Å². The minimum Gasteiger partial charge on any atom is -0.330 e. The molecule has 0 amide bonds. The summed E-state index contributed by atoms with van der Waals surface area (Å²) in [7, 11) is 0. The van der Waals surface area contributed by atoms with Crippen LogP contribution in [0.1, 0.15) is 20.3 Å². The van der Waals surface area contributed by atoms with Crippen LogP contribution in [0.3, 0.4) is 0 Å². The molecule has 0 fully saturated rings. The minimum atomic E-state index is 0.755. The van der Waals surface area contributed by atoms with E-state index in [0.717, 1.165) is 30.5 Å². The average molecular weight is 247 g/mol. The molecule has 76 valence electrons. The molecule has 0 saturated heterocycles. The lowest BCUT2D eigenvalue weighted by molar-refractivity contribution is 0.692. The molecule has 0 spiro atoms. The Hall–Kier alpha value is -0.120. The van der Waals surface area contributed by atoms with Gasteiger partial charge in [0.15, 0.2) is 0 Å². The maximum absolute atomic E-state index is 5.38. The number of halogens is 1. The first kappa shape index (κ1) is 12.9. The Morgan fingerprint density at radius 3 is 2.69 bits per heavy atom. The van der Waals surface area contributed by atoms with Crippen molar-refractivity contribution in [2.45, 2.75) is 20.3 Å². The van der Waals surface area contributed by atoms with Gasteiger partial charge in [0.25, 0.3) is 0 Å². The topological polar surface area (TPSA) is 38.0 Å². The second-order valence-electron chi connectivity index (χ2n) is 2.91. The smallest absolute Gasteiger partial charge is 0.0202 e. The highest BCUT2D eigenvalue weighted by Gasteiger charge is 1.91. The zero-order valence-electron chi connectivity index (χ0n) is 8.44. The van der Waals surface area contributed by atoms with Crippen LogP contribution in [0, 0.1) is 0 Å². The highest BCUT2D eigenvalue weighted by Crippen LogP contribution is 2.07. The number of rotatable bonds is 6. The number of hydrogen-bond acceptors (Lipinski definition) is 2. The molecule has 0 heterocycles. The fraction of sp³-hybridized carbons (Fsp3) is 0.600. The second kappa shape index (κ2) is 8.48. The van der Waals surface area contributed by atoms with Crippen molar-refractivity contribution in [2.75, 3.05) is 19.6 Å². The van der Waals surface area contributed by atoms with Crippen molar-refractivity contribution in [3.63, 3.8) is 0 Å². The molecule has 0 atom stereocenters. The largest absolute Gasteiger partial charge is 0.330 e. The van der Waals surface area contributed by atoms with Crippen molar-refractivity contribution in [3.05, 3.63) is 22.2 Å². The van der Waals surface area contributed by atoms with Gasteiger partial charge < -0.3 is 11.1 Å². The number of nitrogens with two attached hydrogens (primary N) is 1. The van der Waals surface area contributed by atoms with Gasteiger partial charge in [-0.2, -0.15) is 0 Å². The first-order valence-electron chi connectivity index (χ1n) is 4.60. The van der Waals surface area contributed by atoms with Gasteiger partial charge in [0, 0.05) is 6.54 Å². The van der Waals surface area contributed by atoms with E-state index < -0.39 is 0 Å². The SMILES string of the molecule is C/C=C(\C=C(/C)Br)CNCCCN. The first-order valence-corrected chi connectivity index (χ1v) is 5.39. The Bertz CT molecular complexity index is 181. The molecule has 0 aliphatic carbocycles. The van der Waals surface area contributed by atoms with E-state index in [1.807, 2.05) is 13.8 Å². The van der Waals surface area contributed by atoms with E-state index in [9.17, 15) is 0 Å². The van der Waals surface area contributed by atoms with Crippen LogP contribution in [-0.4, -0.2) is 19.6 Å². The summed E-state index contributed by atoms with van der Waals surface area (Å²) in [6, 6.07) is 0. The fourth-order valence-electron chi connectivity index (χ4n) is 0.952. The molecule has 0 aromatic rings. The molecule has 0 aliphatic heterocycles. The molecule has 0 saturated carbocycles. The van der Waals surface area contributed by atoms with E-state index in [4.69, 9.17) is 5.73 Å². The third-order valence-corrected chi connectivity index (χ3v) is 1.87. The standard InChI is InChI=1S/C10H19BrN2/c1-3-10(7-9(2)11)8-13-6-4-5-12/h3,7,13H,4-6,8,12H2,1-2H3/b9-7+,10-3+. The van der Waals surface area contributed by atoms with Gasteiger partial charge in [0.1, 0.15) is 0 Å². The molecule has 0 rings (SSSR count). The lowest BCUT2D eigenvalue weighted by Gasteiger charge is -2.04. The lowest BCUT2D eigenvalue weighted by atomic mass is 10.2. The van der Waals surface area contributed by atoms with Crippen LogP contribution in [0.15, 0.2) is 22.2 Å². The van der Waals surface area contributed by atoms with Crippen molar-refractivity contribution in [1.82, 2.24) is 5.32 Å². The van der Waals surface area contributed by atoms with E-state index in [0.29, 0.717) is 0 Å². The molecule has 0 radical (unpaired) electrons. The maximum Gasteiger partial charge on any atom is 0.0202 e. The molecule has 3 heteroatoms. The van der Waals surface area contributed by atoms with E-state index in [1.54, 1.807) is 0 Å². The first-order chi connectivity index (χ1) is 6.20. The highest BCUT2D eigenvalue weighted by molar-refractivity contribution is 9.11. The second-order valence-corrected chi connectivity index (χ2v) is 4.16. The van der Waals surface area contributed by atoms with Gasteiger partial charge in [-0.3, -0.25) is 0 Å². The fourth-order valence-corrected chi connectivity index (χ4v) is 1.25. The van der Waals surface area contributed by atoms with Gasteiger partial charge >= 0.3 is 0 Å². The summed E-state index contributed by atoms with van der Waals surface area (Å²) < 4.78 is 1.15. The van der Waals surface area contributed by atoms with E-state index >= 15 is 0 Å². The predicted molar refractivity (Wildman–Crippen MR) is 63.0 cm³/mol. The summed E-state index contributed by atoms with van der Waals surface area (Å²) >= 11 is 3.41. The monoisotopic (exact) mass is 246 g/mol. The summed E-state index contributed by atoms with van der Waals surface area (Å²) in [6.07, 6.45) is 5.27. The van der Waals surface area contributed by atoms with Gasteiger partial charge in [-0.15, -0.1) is 0 Å². The van der Waals surface area contributed by atoms with Gasteiger partial charge in [-0.05, 0) is 49.5 Å². The summed E-state index contributed by atoms with van der Waals surface area (Å²) in [5, 5.41) is 3.33. The Balaban J connectivity index is 3.69. The van der Waals surface area contributed by atoms with E-state index in [2.05, 4.69) is 33.4 Å². The molecule has 0 aromatic heterocycles.